The van der Waals surface area contributed by atoms with Crippen molar-refractivity contribution in [1.82, 2.24) is 0 Å². The first kappa shape index (κ1) is 25.9. The molecule has 1 aliphatic rings. The minimum Gasteiger partial charge on any atom is -0.399 e. The van der Waals surface area contributed by atoms with Crippen LogP contribution in [0.15, 0.2) is 71.2 Å². The van der Waals surface area contributed by atoms with Crippen LogP contribution in [0.1, 0.15) is 6.42 Å². The largest absolute Gasteiger partial charge is 0.426 e. The van der Waals surface area contributed by atoms with Crippen molar-refractivity contribution in [3.05, 3.63) is 71.2 Å². The zero-order chi connectivity index (χ0) is 22.3. The molecule has 10 heteroatoms. The average Bonchev–Trinajstić information content (AvgIpc) is 2.61. The van der Waals surface area contributed by atoms with E-state index in [9.17, 15) is 17.6 Å². The number of hydrogen-bond donors (Lipinski definition) is 3. The fourth-order valence-electron chi connectivity index (χ4n) is 2.10. The van der Waals surface area contributed by atoms with Gasteiger partial charge in [-0.2, -0.15) is 13.2 Å². The maximum absolute atomic E-state index is 13.7. The van der Waals surface area contributed by atoms with E-state index in [1.807, 2.05) is 60.7 Å². The van der Waals surface area contributed by atoms with Crippen LogP contribution in [0.25, 0.3) is 0 Å². The standard InChI is InChI=1S/C7H6Br3F4N.2C6H7N/c8-3-1-5(11,7(12,13)14)2-6(9,10)4(3)15;2*7-6-4-2-1-3-5-6/h1,4H,2,15H2;2*1-5H,7H2. The summed E-state index contributed by atoms with van der Waals surface area (Å²) >= 11 is 8.73. The second kappa shape index (κ2) is 10.8. The Morgan fingerprint density at radius 2 is 1.24 bits per heavy atom. The number of benzene rings is 2. The molecule has 0 fully saturated rings. The van der Waals surface area contributed by atoms with E-state index in [1.54, 1.807) is 0 Å². The Kier molecular flexibility index (Phi) is 9.65. The van der Waals surface area contributed by atoms with Crippen LogP contribution in [-0.2, 0) is 0 Å². The van der Waals surface area contributed by atoms with Gasteiger partial charge in [0.25, 0.3) is 0 Å². The molecule has 0 aliphatic heterocycles. The van der Waals surface area contributed by atoms with E-state index in [1.165, 1.54) is 0 Å². The van der Waals surface area contributed by atoms with Gasteiger partial charge in [0.05, 0.1) is 6.04 Å². The number of alkyl halides is 6. The van der Waals surface area contributed by atoms with Crippen LogP contribution >= 0.6 is 47.8 Å². The Labute approximate surface area is 192 Å². The van der Waals surface area contributed by atoms with Crippen LogP contribution in [-0.4, -0.2) is 21.1 Å². The van der Waals surface area contributed by atoms with Crippen LogP contribution in [0.4, 0.5) is 28.9 Å². The van der Waals surface area contributed by atoms with Crippen molar-refractivity contribution in [2.45, 2.75) is 27.5 Å². The molecule has 29 heavy (non-hydrogen) atoms. The lowest BCUT2D eigenvalue weighted by Crippen LogP contribution is -2.53. The van der Waals surface area contributed by atoms with Crippen LogP contribution in [0, 0.1) is 0 Å². The van der Waals surface area contributed by atoms with Crippen LogP contribution in [0.2, 0.25) is 0 Å². The first-order valence-electron chi connectivity index (χ1n) is 8.17. The van der Waals surface area contributed by atoms with Gasteiger partial charge < -0.3 is 17.2 Å². The molecule has 0 radical (unpaired) electrons. The van der Waals surface area contributed by atoms with E-state index in [0.29, 0.717) is 6.08 Å². The van der Waals surface area contributed by atoms with E-state index in [2.05, 4.69) is 47.8 Å². The van der Waals surface area contributed by atoms with Gasteiger partial charge in [-0.15, -0.1) is 0 Å². The lowest BCUT2D eigenvalue weighted by Gasteiger charge is -2.39. The van der Waals surface area contributed by atoms with E-state index < -0.39 is 27.5 Å². The summed E-state index contributed by atoms with van der Waals surface area (Å²) in [6, 6.07) is 18.2. The van der Waals surface area contributed by atoms with Gasteiger partial charge in [0.2, 0.25) is 5.67 Å². The predicted octanol–water partition coefficient (Wildman–Crippen LogP) is 6.29. The Balaban J connectivity index is 0.000000248. The summed E-state index contributed by atoms with van der Waals surface area (Å²) in [4.78, 5) is 0. The maximum Gasteiger partial charge on any atom is 0.426 e. The van der Waals surface area contributed by atoms with Crippen LogP contribution in [0.3, 0.4) is 0 Å². The zero-order valence-electron chi connectivity index (χ0n) is 15.0. The fraction of sp³-hybridized carbons (Fsp3) is 0.263. The Morgan fingerprint density at radius 3 is 1.48 bits per heavy atom. The molecule has 0 spiro atoms. The minimum atomic E-state index is -4.96. The van der Waals surface area contributed by atoms with Crippen LogP contribution in [0.5, 0.6) is 0 Å². The van der Waals surface area contributed by atoms with Crippen LogP contribution < -0.4 is 17.2 Å². The molecule has 6 N–H and O–H groups in total. The van der Waals surface area contributed by atoms with E-state index in [-0.39, 0.29) is 4.48 Å². The molecule has 2 aromatic carbocycles. The summed E-state index contributed by atoms with van der Waals surface area (Å²) in [5, 5.41) is 0. The van der Waals surface area contributed by atoms with Gasteiger partial charge in [-0.05, 0) is 30.3 Å². The third-order valence-electron chi connectivity index (χ3n) is 3.68. The minimum absolute atomic E-state index is 0.0256. The summed E-state index contributed by atoms with van der Waals surface area (Å²) in [6.45, 7) is 0. The molecule has 0 heterocycles. The van der Waals surface area contributed by atoms with Crippen molar-refractivity contribution < 1.29 is 17.6 Å². The second-order valence-corrected chi connectivity index (χ2v) is 10.9. The summed E-state index contributed by atoms with van der Waals surface area (Å²) in [5.74, 6) is 0. The van der Waals surface area contributed by atoms with E-state index in [4.69, 9.17) is 17.2 Å². The van der Waals surface area contributed by atoms with Gasteiger partial charge >= 0.3 is 6.18 Å². The monoisotopic (exact) mass is 603 g/mol. The number of hydrogen-bond acceptors (Lipinski definition) is 3. The molecule has 0 saturated carbocycles. The molecule has 160 valence electrons. The van der Waals surface area contributed by atoms with E-state index >= 15 is 0 Å². The van der Waals surface area contributed by atoms with Crippen molar-refractivity contribution in [1.29, 1.82) is 0 Å². The second-order valence-electron chi connectivity index (χ2n) is 6.13. The number of rotatable bonds is 0. The Hall–Kier alpha value is -1.10. The van der Waals surface area contributed by atoms with Gasteiger partial charge in [0.1, 0.15) is 3.23 Å². The molecule has 3 nitrogen and oxygen atoms in total. The summed E-state index contributed by atoms with van der Waals surface area (Å²) < 4.78 is 49.7. The lowest BCUT2D eigenvalue weighted by molar-refractivity contribution is -0.215. The molecular weight excluding hydrogens is 586 g/mol. The van der Waals surface area contributed by atoms with Crippen molar-refractivity contribution in [3.8, 4) is 0 Å². The number of allylic oxidation sites excluding steroid dienone is 1. The molecule has 0 saturated heterocycles. The molecule has 1 aliphatic carbocycles. The number of nitrogens with two attached hydrogens (primary N) is 3. The normalized spacial score (nSPS) is 22.9. The molecule has 2 aromatic rings. The quantitative estimate of drug-likeness (QED) is 0.188. The molecule has 2 unspecified atom stereocenters. The SMILES string of the molecule is NC1C(Br)=CC(F)(C(F)(F)F)CC1(Br)Br.Nc1ccccc1.Nc1ccccc1. The topological polar surface area (TPSA) is 78.1 Å². The molecule has 2 atom stereocenters. The summed E-state index contributed by atoms with van der Waals surface area (Å²) in [6.07, 6.45) is -5.31. The third-order valence-corrected chi connectivity index (χ3v) is 5.95. The van der Waals surface area contributed by atoms with Gasteiger partial charge in [-0.1, -0.05) is 84.2 Å². The lowest BCUT2D eigenvalue weighted by atomic mass is 9.89. The average molecular weight is 606 g/mol. The Morgan fingerprint density at radius 1 is 0.862 bits per heavy atom. The van der Waals surface area contributed by atoms with Gasteiger partial charge in [0, 0.05) is 22.3 Å². The number of nitrogen functional groups attached to an aromatic ring is 2. The highest BCUT2D eigenvalue weighted by molar-refractivity contribution is 9.25. The van der Waals surface area contributed by atoms with Crippen molar-refractivity contribution in [2.75, 3.05) is 11.5 Å². The molecule has 0 amide bonds. The number of anilines is 2. The predicted molar refractivity (Wildman–Crippen MR) is 122 cm³/mol. The number of para-hydroxylation sites is 2. The first-order valence-corrected chi connectivity index (χ1v) is 10.5. The number of halogens is 7. The maximum atomic E-state index is 13.7. The van der Waals surface area contributed by atoms with E-state index in [0.717, 1.165) is 11.4 Å². The third kappa shape index (κ3) is 8.27. The van der Waals surface area contributed by atoms with Gasteiger partial charge in [0.15, 0.2) is 0 Å². The highest BCUT2D eigenvalue weighted by Gasteiger charge is 2.61. The highest BCUT2D eigenvalue weighted by atomic mass is 79.9. The molecule has 0 bridgehead atoms. The smallest absolute Gasteiger partial charge is 0.399 e. The Bertz CT molecular complexity index is 749. The molecule has 0 aromatic heterocycles. The summed E-state index contributed by atoms with van der Waals surface area (Å²) in [7, 11) is 0. The van der Waals surface area contributed by atoms with Crippen molar-refractivity contribution in [2.24, 2.45) is 5.73 Å². The zero-order valence-corrected chi connectivity index (χ0v) is 19.8. The van der Waals surface area contributed by atoms with Gasteiger partial charge in [-0.3, -0.25) is 0 Å². The molecular formula is C19H20Br3F4N3. The molecule has 3 rings (SSSR count). The van der Waals surface area contributed by atoms with Gasteiger partial charge in [-0.25, -0.2) is 4.39 Å². The fourth-order valence-corrected chi connectivity index (χ4v) is 4.78. The summed E-state index contributed by atoms with van der Waals surface area (Å²) in [5.41, 5.74) is 14.6. The highest BCUT2D eigenvalue weighted by Crippen LogP contribution is 2.52. The first-order chi connectivity index (χ1) is 13.3. The van der Waals surface area contributed by atoms with Crippen molar-refractivity contribution >= 4 is 59.2 Å². The van der Waals surface area contributed by atoms with Crippen molar-refractivity contribution in [3.63, 3.8) is 0 Å².